The van der Waals surface area contributed by atoms with Crippen LogP contribution in [-0.4, -0.2) is 20.9 Å². The molecule has 2 unspecified atom stereocenters. The van der Waals surface area contributed by atoms with Gasteiger partial charge in [-0.2, -0.15) is 5.10 Å². The first kappa shape index (κ1) is 12.6. The van der Waals surface area contributed by atoms with Gasteiger partial charge in [-0.3, -0.25) is 4.68 Å². The highest BCUT2D eigenvalue weighted by molar-refractivity contribution is 6.32. The Hall–Kier alpha value is -1.42. The summed E-state index contributed by atoms with van der Waals surface area (Å²) < 4.78 is 15.0. The molecule has 1 aliphatic carbocycles. The molecule has 3 rings (SSSR count). The highest BCUT2D eigenvalue weighted by Gasteiger charge is 2.24. The van der Waals surface area contributed by atoms with Gasteiger partial charge in [0.1, 0.15) is 11.3 Å². The van der Waals surface area contributed by atoms with Crippen LogP contribution < -0.4 is 0 Å². The first-order chi connectivity index (χ1) is 9.22. The average molecular weight is 280 g/mol. The Morgan fingerprint density at radius 3 is 3.05 bits per heavy atom. The highest BCUT2D eigenvalue weighted by atomic mass is 35.5. The van der Waals surface area contributed by atoms with Crippen molar-refractivity contribution in [1.29, 1.82) is 0 Å². The summed E-state index contributed by atoms with van der Waals surface area (Å²) in [5.41, 5.74) is 1.83. The van der Waals surface area contributed by atoms with Gasteiger partial charge >= 0.3 is 0 Å². The molecule has 2 heterocycles. The van der Waals surface area contributed by atoms with E-state index >= 15 is 0 Å². The molecule has 2 aromatic heterocycles. The lowest BCUT2D eigenvalue weighted by Gasteiger charge is -2.08. The largest absolute Gasteiger partial charge is 0.272 e. The Labute approximate surface area is 116 Å². The van der Waals surface area contributed by atoms with E-state index < -0.39 is 6.17 Å². The van der Waals surface area contributed by atoms with Gasteiger partial charge in [0.2, 0.25) is 0 Å². The van der Waals surface area contributed by atoms with Gasteiger partial charge < -0.3 is 0 Å². The second-order valence-corrected chi connectivity index (χ2v) is 5.43. The summed E-state index contributed by atoms with van der Waals surface area (Å²) >= 11 is 6.06. The Balaban J connectivity index is 1.75. The number of halogens is 2. The zero-order chi connectivity index (χ0) is 13.2. The smallest absolute Gasteiger partial charge is 0.136 e. The van der Waals surface area contributed by atoms with Crippen LogP contribution in [0.1, 0.15) is 19.3 Å². The molecule has 0 saturated heterocycles. The van der Waals surface area contributed by atoms with E-state index in [1.165, 1.54) is 0 Å². The third-order valence-electron chi connectivity index (χ3n) is 3.63. The molecule has 0 radical (unpaired) electrons. The average Bonchev–Trinajstić information content (AvgIpc) is 3.00. The SMILES string of the molecule is FC1CCC(Cn2cc(-c3cccnc3Cl)cn2)C1. The highest BCUT2D eigenvalue weighted by Crippen LogP contribution is 2.30. The molecule has 0 N–H and O–H groups in total. The van der Waals surface area contributed by atoms with E-state index in [-0.39, 0.29) is 0 Å². The number of hydrogen-bond donors (Lipinski definition) is 0. The Morgan fingerprint density at radius 1 is 1.42 bits per heavy atom. The molecule has 0 bridgehead atoms. The standard InChI is InChI=1S/C14H15ClFN3/c15-14-13(2-1-5-17-14)11-7-18-19(9-11)8-10-3-4-12(16)6-10/h1-2,5,7,9-10,12H,3-4,6,8H2. The second-order valence-electron chi connectivity index (χ2n) is 5.07. The second kappa shape index (κ2) is 5.29. The fourth-order valence-electron chi connectivity index (χ4n) is 2.65. The van der Waals surface area contributed by atoms with E-state index in [2.05, 4.69) is 10.1 Å². The molecule has 2 atom stereocenters. The summed E-state index contributed by atoms with van der Waals surface area (Å²) in [7, 11) is 0. The number of aromatic nitrogens is 3. The number of hydrogen-bond acceptors (Lipinski definition) is 2. The van der Waals surface area contributed by atoms with Gasteiger partial charge in [-0.15, -0.1) is 0 Å². The maximum Gasteiger partial charge on any atom is 0.136 e. The lowest BCUT2D eigenvalue weighted by Crippen LogP contribution is -2.08. The minimum absolute atomic E-state index is 0.395. The van der Waals surface area contributed by atoms with Crippen LogP contribution in [0.5, 0.6) is 0 Å². The third-order valence-corrected chi connectivity index (χ3v) is 3.93. The van der Waals surface area contributed by atoms with Crippen molar-refractivity contribution in [3.63, 3.8) is 0 Å². The zero-order valence-corrected chi connectivity index (χ0v) is 11.2. The van der Waals surface area contributed by atoms with Crippen molar-refractivity contribution in [2.24, 2.45) is 5.92 Å². The molecular weight excluding hydrogens is 265 g/mol. The van der Waals surface area contributed by atoms with Crippen LogP contribution in [0.3, 0.4) is 0 Å². The van der Waals surface area contributed by atoms with E-state index in [0.717, 1.165) is 24.1 Å². The van der Waals surface area contributed by atoms with Crippen LogP contribution in [0, 0.1) is 5.92 Å². The lowest BCUT2D eigenvalue weighted by molar-refractivity contribution is 0.320. The van der Waals surface area contributed by atoms with Crippen molar-refractivity contribution in [3.05, 3.63) is 35.9 Å². The van der Waals surface area contributed by atoms with Crippen LogP contribution in [0.15, 0.2) is 30.7 Å². The number of alkyl halides is 1. The molecule has 1 saturated carbocycles. The first-order valence-electron chi connectivity index (χ1n) is 6.50. The Morgan fingerprint density at radius 2 is 2.32 bits per heavy atom. The van der Waals surface area contributed by atoms with Crippen LogP contribution in [-0.2, 0) is 6.54 Å². The fourth-order valence-corrected chi connectivity index (χ4v) is 2.88. The van der Waals surface area contributed by atoms with Crippen LogP contribution in [0.2, 0.25) is 5.15 Å². The van der Waals surface area contributed by atoms with Crippen LogP contribution in [0.4, 0.5) is 4.39 Å². The molecule has 3 nitrogen and oxygen atoms in total. The summed E-state index contributed by atoms with van der Waals surface area (Å²) in [6, 6.07) is 3.77. The van der Waals surface area contributed by atoms with E-state index in [4.69, 9.17) is 11.6 Å². The van der Waals surface area contributed by atoms with Gasteiger partial charge in [0.15, 0.2) is 0 Å². The minimum Gasteiger partial charge on any atom is -0.272 e. The molecule has 100 valence electrons. The van der Waals surface area contributed by atoms with Gasteiger partial charge in [-0.05, 0) is 37.3 Å². The number of pyridine rings is 1. The van der Waals surface area contributed by atoms with Crippen molar-refractivity contribution in [1.82, 2.24) is 14.8 Å². The number of nitrogens with zero attached hydrogens (tertiary/aromatic N) is 3. The predicted octanol–water partition coefficient (Wildman–Crippen LogP) is 3.74. The van der Waals surface area contributed by atoms with E-state index in [0.29, 0.717) is 23.9 Å². The molecule has 0 aliphatic heterocycles. The zero-order valence-electron chi connectivity index (χ0n) is 10.5. The Kier molecular flexibility index (Phi) is 3.51. The summed E-state index contributed by atoms with van der Waals surface area (Å²) in [4.78, 5) is 4.06. The Bertz CT molecular complexity index is 569. The third kappa shape index (κ3) is 2.78. The quantitative estimate of drug-likeness (QED) is 0.802. The molecule has 1 aliphatic rings. The normalized spacial score (nSPS) is 22.8. The maximum absolute atomic E-state index is 13.1. The van der Waals surface area contributed by atoms with Gasteiger partial charge in [0.25, 0.3) is 0 Å². The van der Waals surface area contributed by atoms with Crippen molar-refractivity contribution < 1.29 is 4.39 Å². The van der Waals surface area contributed by atoms with E-state index in [9.17, 15) is 4.39 Å². The molecular formula is C14H15ClFN3. The first-order valence-corrected chi connectivity index (χ1v) is 6.87. The molecule has 2 aromatic rings. The van der Waals surface area contributed by atoms with E-state index in [1.54, 1.807) is 12.4 Å². The van der Waals surface area contributed by atoms with Gasteiger partial charge in [-0.25, -0.2) is 9.37 Å². The predicted molar refractivity (Wildman–Crippen MR) is 72.7 cm³/mol. The van der Waals surface area contributed by atoms with E-state index in [1.807, 2.05) is 23.0 Å². The van der Waals surface area contributed by atoms with Crippen LogP contribution in [0.25, 0.3) is 11.1 Å². The summed E-state index contributed by atoms with van der Waals surface area (Å²) in [5.74, 6) is 0.395. The molecule has 0 spiro atoms. The number of rotatable bonds is 3. The van der Waals surface area contributed by atoms with Crippen LogP contribution >= 0.6 is 11.6 Å². The van der Waals surface area contributed by atoms with Crippen molar-refractivity contribution >= 4 is 11.6 Å². The maximum atomic E-state index is 13.1. The molecule has 19 heavy (non-hydrogen) atoms. The van der Waals surface area contributed by atoms with Crippen molar-refractivity contribution in [2.45, 2.75) is 32.0 Å². The van der Waals surface area contributed by atoms with Crippen molar-refractivity contribution in [2.75, 3.05) is 0 Å². The topological polar surface area (TPSA) is 30.7 Å². The van der Waals surface area contributed by atoms with Gasteiger partial charge in [-0.1, -0.05) is 11.6 Å². The summed E-state index contributed by atoms with van der Waals surface area (Å²) in [6.07, 6.45) is 7.06. The lowest BCUT2D eigenvalue weighted by atomic mass is 10.1. The monoisotopic (exact) mass is 279 g/mol. The molecule has 0 aromatic carbocycles. The minimum atomic E-state index is -0.632. The summed E-state index contributed by atoms with van der Waals surface area (Å²) in [5, 5.41) is 4.81. The van der Waals surface area contributed by atoms with Gasteiger partial charge in [0, 0.05) is 30.1 Å². The molecule has 0 amide bonds. The van der Waals surface area contributed by atoms with Crippen molar-refractivity contribution in [3.8, 4) is 11.1 Å². The molecule has 5 heteroatoms. The molecule has 1 fully saturated rings. The van der Waals surface area contributed by atoms with Gasteiger partial charge in [0.05, 0.1) is 6.20 Å². The summed E-state index contributed by atoms with van der Waals surface area (Å²) in [6.45, 7) is 0.776. The fraction of sp³-hybridized carbons (Fsp3) is 0.429.